The van der Waals surface area contributed by atoms with E-state index >= 15 is 0 Å². The van der Waals surface area contributed by atoms with Gasteiger partial charge in [-0.05, 0) is 30.2 Å². The molecule has 0 spiro atoms. The molecule has 4 rings (SSSR count). The summed E-state index contributed by atoms with van der Waals surface area (Å²) >= 11 is 0. The van der Waals surface area contributed by atoms with Crippen LogP contribution in [-0.2, 0) is 11.3 Å². The summed E-state index contributed by atoms with van der Waals surface area (Å²) in [5, 5.41) is 5.33. The summed E-state index contributed by atoms with van der Waals surface area (Å²) in [5.41, 5.74) is 1.94. The molecule has 0 N–H and O–H groups in total. The van der Waals surface area contributed by atoms with Crippen molar-refractivity contribution in [3.05, 3.63) is 66.1 Å². The van der Waals surface area contributed by atoms with Gasteiger partial charge >= 0.3 is 0 Å². The highest BCUT2D eigenvalue weighted by molar-refractivity contribution is 5.82. The Kier molecular flexibility index (Phi) is 3.33. The molecule has 0 bridgehead atoms. The highest BCUT2D eigenvalue weighted by Gasteiger charge is 2.33. The van der Waals surface area contributed by atoms with Gasteiger partial charge in [-0.3, -0.25) is 9.48 Å². The minimum absolute atomic E-state index is 0.0411. The van der Waals surface area contributed by atoms with E-state index in [9.17, 15) is 9.18 Å². The lowest BCUT2D eigenvalue weighted by atomic mass is 9.94. The molecule has 5 heteroatoms. The Balaban J connectivity index is 1.52. The van der Waals surface area contributed by atoms with Crippen LogP contribution in [0.2, 0.25) is 0 Å². The molecule has 23 heavy (non-hydrogen) atoms. The van der Waals surface area contributed by atoms with E-state index in [4.69, 9.17) is 0 Å². The number of aromatic nitrogens is 2. The molecule has 1 saturated heterocycles. The number of carbonyl (C=O) groups excluding carboxylic acids is 1. The van der Waals surface area contributed by atoms with E-state index in [0.29, 0.717) is 0 Å². The highest BCUT2D eigenvalue weighted by Crippen LogP contribution is 2.33. The lowest BCUT2D eigenvalue weighted by Gasteiger charge is -2.41. The second-order valence-corrected chi connectivity index (χ2v) is 5.80. The molecule has 0 aliphatic carbocycles. The van der Waals surface area contributed by atoms with Crippen molar-refractivity contribution in [1.29, 1.82) is 0 Å². The molecule has 1 atom stereocenters. The highest BCUT2D eigenvalue weighted by atomic mass is 19.1. The third-order valence-corrected chi connectivity index (χ3v) is 4.43. The second-order valence-electron chi connectivity index (χ2n) is 5.80. The van der Waals surface area contributed by atoms with Crippen LogP contribution in [0.15, 0.2) is 54.7 Å². The standard InChI is InChI=1S/C18H16FN3O/c19-15-7-5-13(6-8-15)16-9-10-21(16)18(23)12-22-17-4-2-1-3-14(17)11-20-22/h1-8,11,16H,9-10,12H2. The molecule has 0 radical (unpaired) electrons. The predicted molar refractivity (Wildman–Crippen MR) is 85.2 cm³/mol. The minimum Gasteiger partial charge on any atom is -0.334 e. The molecular formula is C18H16FN3O. The van der Waals surface area contributed by atoms with Gasteiger partial charge in [0.15, 0.2) is 0 Å². The van der Waals surface area contributed by atoms with Crippen LogP contribution in [0, 0.1) is 5.82 Å². The van der Waals surface area contributed by atoms with E-state index in [2.05, 4.69) is 5.10 Å². The number of carbonyl (C=O) groups is 1. The summed E-state index contributed by atoms with van der Waals surface area (Å²) in [5.74, 6) is -0.214. The number of likely N-dealkylation sites (tertiary alicyclic amines) is 1. The molecule has 1 fully saturated rings. The minimum atomic E-state index is -0.256. The third kappa shape index (κ3) is 2.48. The number of para-hydroxylation sites is 1. The van der Waals surface area contributed by atoms with Crippen LogP contribution in [0.25, 0.3) is 10.9 Å². The van der Waals surface area contributed by atoms with Gasteiger partial charge in [0.2, 0.25) is 5.91 Å². The molecule has 4 nitrogen and oxygen atoms in total. The number of rotatable bonds is 3. The molecule has 1 amide bonds. The van der Waals surface area contributed by atoms with Crippen molar-refractivity contribution in [2.24, 2.45) is 0 Å². The van der Waals surface area contributed by atoms with Gasteiger partial charge in [0.1, 0.15) is 12.4 Å². The van der Waals surface area contributed by atoms with Gasteiger partial charge in [-0.1, -0.05) is 30.3 Å². The normalized spacial score (nSPS) is 17.3. The molecule has 1 aliphatic heterocycles. The first kappa shape index (κ1) is 13.9. The molecular weight excluding hydrogens is 293 g/mol. The van der Waals surface area contributed by atoms with Gasteiger partial charge in [-0.2, -0.15) is 5.10 Å². The number of halogens is 1. The van der Waals surface area contributed by atoms with Crippen molar-refractivity contribution in [1.82, 2.24) is 14.7 Å². The Hall–Kier alpha value is -2.69. The Bertz CT molecular complexity index is 856. The number of fused-ring (bicyclic) bond motifs is 1. The summed E-state index contributed by atoms with van der Waals surface area (Å²) in [6.45, 7) is 0.964. The number of benzene rings is 2. The fraction of sp³-hybridized carbons (Fsp3) is 0.222. The average Bonchev–Trinajstić information content (AvgIpc) is 2.92. The monoisotopic (exact) mass is 309 g/mol. The predicted octanol–water partition coefficient (Wildman–Crippen LogP) is 3.15. The number of nitrogens with zero attached hydrogens (tertiary/aromatic N) is 3. The maximum Gasteiger partial charge on any atom is 0.244 e. The second kappa shape index (κ2) is 5.50. The summed E-state index contributed by atoms with van der Waals surface area (Å²) in [4.78, 5) is 14.4. The van der Waals surface area contributed by atoms with E-state index in [1.54, 1.807) is 23.0 Å². The lowest BCUT2D eigenvalue weighted by Crippen LogP contribution is -2.46. The van der Waals surface area contributed by atoms with E-state index < -0.39 is 0 Å². The lowest BCUT2D eigenvalue weighted by molar-refractivity contribution is -0.140. The Labute approximate surface area is 133 Å². The van der Waals surface area contributed by atoms with Crippen molar-refractivity contribution in [3.8, 4) is 0 Å². The zero-order chi connectivity index (χ0) is 15.8. The molecule has 0 saturated carbocycles. The molecule has 2 heterocycles. The average molecular weight is 309 g/mol. The van der Waals surface area contributed by atoms with E-state index in [-0.39, 0.29) is 24.3 Å². The number of amides is 1. The van der Waals surface area contributed by atoms with Crippen molar-refractivity contribution in [2.45, 2.75) is 19.0 Å². The summed E-state index contributed by atoms with van der Waals surface area (Å²) < 4.78 is 14.8. The van der Waals surface area contributed by atoms with Crippen molar-refractivity contribution in [2.75, 3.05) is 6.54 Å². The SMILES string of the molecule is O=C(Cn1ncc2ccccc21)N1CCC1c1ccc(F)cc1. The van der Waals surface area contributed by atoms with Crippen LogP contribution in [0.3, 0.4) is 0 Å². The third-order valence-electron chi connectivity index (χ3n) is 4.43. The van der Waals surface area contributed by atoms with Crippen LogP contribution >= 0.6 is 0 Å². The van der Waals surface area contributed by atoms with Crippen LogP contribution < -0.4 is 0 Å². The van der Waals surface area contributed by atoms with Crippen LogP contribution in [-0.4, -0.2) is 27.1 Å². The fourth-order valence-corrected chi connectivity index (χ4v) is 3.09. The van der Waals surface area contributed by atoms with Gasteiger partial charge in [-0.15, -0.1) is 0 Å². The van der Waals surface area contributed by atoms with Gasteiger partial charge in [0, 0.05) is 11.9 Å². The molecule has 1 unspecified atom stereocenters. The van der Waals surface area contributed by atoms with Crippen molar-refractivity contribution < 1.29 is 9.18 Å². The summed E-state index contributed by atoms with van der Waals surface area (Å²) in [7, 11) is 0. The van der Waals surface area contributed by atoms with Gasteiger partial charge in [0.25, 0.3) is 0 Å². The summed E-state index contributed by atoms with van der Waals surface area (Å²) in [6.07, 6.45) is 2.69. The smallest absolute Gasteiger partial charge is 0.244 e. The number of hydrogen-bond donors (Lipinski definition) is 0. The zero-order valence-electron chi connectivity index (χ0n) is 12.5. The quantitative estimate of drug-likeness (QED) is 0.745. The van der Waals surface area contributed by atoms with Gasteiger partial charge < -0.3 is 4.90 Å². The zero-order valence-corrected chi connectivity index (χ0v) is 12.5. The molecule has 116 valence electrons. The molecule has 3 aromatic rings. The molecule has 2 aromatic carbocycles. The largest absolute Gasteiger partial charge is 0.334 e. The van der Waals surface area contributed by atoms with Gasteiger partial charge in [-0.25, -0.2) is 4.39 Å². The van der Waals surface area contributed by atoms with Crippen LogP contribution in [0.1, 0.15) is 18.0 Å². The molecule has 1 aromatic heterocycles. The Morgan fingerprint density at radius 1 is 1.17 bits per heavy atom. The summed E-state index contributed by atoms with van der Waals surface area (Å²) in [6, 6.07) is 14.3. The topological polar surface area (TPSA) is 38.1 Å². The van der Waals surface area contributed by atoms with Crippen LogP contribution in [0.5, 0.6) is 0 Å². The maximum atomic E-state index is 13.0. The van der Waals surface area contributed by atoms with Crippen molar-refractivity contribution in [3.63, 3.8) is 0 Å². The van der Waals surface area contributed by atoms with Gasteiger partial charge in [0.05, 0.1) is 17.8 Å². The fourth-order valence-electron chi connectivity index (χ4n) is 3.09. The first-order chi connectivity index (χ1) is 11.2. The first-order valence-electron chi connectivity index (χ1n) is 7.68. The maximum absolute atomic E-state index is 13.0. The Morgan fingerprint density at radius 3 is 2.70 bits per heavy atom. The van der Waals surface area contributed by atoms with Crippen molar-refractivity contribution >= 4 is 16.8 Å². The van der Waals surface area contributed by atoms with E-state index in [1.807, 2.05) is 29.2 Å². The van der Waals surface area contributed by atoms with Crippen LogP contribution in [0.4, 0.5) is 4.39 Å². The molecule has 1 aliphatic rings. The number of hydrogen-bond acceptors (Lipinski definition) is 2. The first-order valence-corrected chi connectivity index (χ1v) is 7.68. The van der Waals surface area contributed by atoms with E-state index in [0.717, 1.165) is 29.4 Å². The Morgan fingerprint density at radius 2 is 1.96 bits per heavy atom. The van der Waals surface area contributed by atoms with E-state index in [1.165, 1.54) is 12.1 Å².